The summed E-state index contributed by atoms with van der Waals surface area (Å²) in [5.74, 6) is -0.560. The van der Waals surface area contributed by atoms with Gasteiger partial charge >= 0.3 is 5.97 Å². The van der Waals surface area contributed by atoms with Gasteiger partial charge in [0.15, 0.2) is 0 Å². The summed E-state index contributed by atoms with van der Waals surface area (Å²) in [5, 5.41) is 8.96. The van der Waals surface area contributed by atoms with E-state index in [4.69, 9.17) is 20.3 Å². The van der Waals surface area contributed by atoms with E-state index in [-0.39, 0.29) is 11.3 Å². The molecule has 94 valence electrons. The monoisotopic (exact) mass is 239 g/mol. The number of nitrogen functional groups attached to an aromatic ring is 1. The largest absolute Gasteiger partial charge is 0.491 e. The number of anilines is 1. The first kappa shape index (κ1) is 13.3. The Morgan fingerprint density at radius 3 is 2.71 bits per heavy atom. The zero-order valence-electron chi connectivity index (χ0n) is 10.0. The second-order valence-electron chi connectivity index (χ2n) is 3.55. The molecule has 0 atom stereocenters. The summed E-state index contributed by atoms with van der Waals surface area (Å²) in [6.07, 6.45) is 0. The van der Waals surface area contributed by atoms with Crippen molar-refractivity contribution in [3.63, 3.8) is 0 Å². The van der Waals surface area contributed by atoms with Crippen LogP contribution in [0.15, 0.2) is 12.1 Å². The minimum absolute atomic E-state index is 0.0661. The Hall–Kier alpha value is -1.75. The molecule has 0 amide bonds. The molecule has 0 spiro atoms. The Labute approximate surface area is 100 Å². The van der Waals surface area contributed by atoms with Gasteiger partial charge < -0.3 is 20.3 Å². The third kappa shape index (κ3) is 3.64. The third-order valence-electron chi connectivity index (χ3n) is 2.29. The van der Waals surface area contributed by atoms with Gasteiger partial charge in [0, 0.05) is 12.3 Å². The van der Waals surface area contributed by atoms with Gasteiger partial charge in [-0.2, -0.15) is 0 Å². The number of carboxylic acids is 1. The molecule has 3 N–H and O–H groups in total. The first-order valence-electron chi connectivity index (χ1n) is 5.40. The summed E-state index contributed by atoms with van der Waals surface area (Å²) >= 11 is 0. The van der Waals surface area contributed by atoms with Crippen LogP contribution in [0.5, 0.6) is 5.75 Å². The molecule has 17 heavy (non-hydrogen) atoms. The number of aryl methyl sites for hydroxylation is 1. The minimum atomic E-state index is -1.05. The molecule has 1 aromatic rings. The van der Waals surface area contributed by atoms with E-state index in [1.807, 2.05) is 6.92 Å². The number of carboxylic acid groups (broad SMARTS) is 1. The summed E-state index contributed by atoms with van der Waals surface area (Å²) in [7, 11) is 0. The fraction of sp³-hybridized carbons (Fsp3) is 0.417. The maximum atomic E-state index is 10.9. The van der Waals surface area contributed by atoms with E-state index in [1.165, 1.54) is 6.07 Å². The summed E-state index contributed by atoms with van der Waals surface area (Å²) < 4.78 is 10.5. The molecule has 0 aromatic heterocycles. The van der Waals surface area contributed by atoms with Gasteiger partial charge in [0.1, 0.15) is 12.4 Å². The van der Waals surface area contributed by atoms with Crippen molar-refractivity contribution in [2.24, 2.45) is 0 Å². The van der Waals surface area contributed by atoms with Crippen LogP contribution in [-0.2, 0) is 4.74 Å². The van der Waals surface area contributed by atoms with Crippen LogP contribution in [0.1, 0.15) is 22.8 Å². The molecule has 0 aliphatic rings. The SMILES string of the molecule is CCOCCOc1cc(C)c(N)c(C(=O)O)c1. The van der Waals surface area contributed by atoms with Crippen molar-refractivity contribution < 1.29 is 19.4 Å². The van der Waals surface area contributed by atoms with Crippen LogP contribution in [0, 0.1) is 6.92 Å². The molecule has 1 rings (SSSR count). The molecule has 0 bridgehead atoms. The number of carbonyl (C=O) groups is 1. The molecule has 0 heterocycles. The molecule has 0 fully saturated rings. The van der Waals surface area contributed by atoms with Crippen LogP contribution in [-0.4, -0.2) is 30.9 Å². The number of hydrogen-bond donors (Lipinski definition) is 2. The smallest absolute Gasteiger partial charge is 0.337 e. The van der Waals surface area contributed by atoms with Gasteiger partial charge in [0.25, 0.3) is 0 Å². The zero-order chi connectivity index (χ0) is 12.8. The van der Waals surface area contributed by atoms with Gasteiger partial charge in [-0.05, 0) is 31.5 Å². The third-order valence-corrected chi connectivity index (χ3v) is 2.29. The lowest BCUT2D eigenvalue weighted by molar-refractivity contribution is 0.0697. The van der Waals surface area contributed by atoms with Crippen LogP contribution in [0.2, 0.25) is 0 Å². The second kappa shape index (κ2) is 6.10. The molecule has 0 aliphatic heterocycles. The summed E-state index contributed by atoms with van der Waals surface area (Å²) in [5.41, 5.74) is 6.70. The first-order chi connectivity index (χ1) is 8.06. The summed E-state index contributed by atoms with van der Waals surface area (Å²) in [4.78, 5) is 10.9. The maximum absolute atomic E-state index is 10.9. The Bertz CT molecular complexity index is 404. The fourth-order valence-corrected chi connectivity index (χ4v) is 1.39. The van der Waals surface area contributed by atoms with Crippen LogP contribution in [0.25, 0.3) is 0 Å². The van der Waals surface area contributed by atoms with E-state index in [2.05, 4.69) is 0 Å². The Balaban J connectivity index is 2.77. The highest BCUT2D eigenvalue weighted by atomic mass is 16.5. The number of nitrogens with two attached hydrogens (primary N) is 1. The predicted molar refractivity (Wildman–Crippen MR) is 64.5 cm³/mol. The lowest BCUT2D eigenvalue weighted by Crippen LogP contribution is -2.09. The minimum Gasteiger partial charge on any atom is -0.491 e. The number of aromatic carboxylic acids is 1. The van der Waals surface area contributed by atoms with E-state index in [9.17, 15) is 4.79 Å². The Kier molecular flexibility index (Phi) is 4.78. The quantitative estimate of drug-likeness (QED) is 0.583. The highest BCUT2D eigenvalue weighted by molar-refractivity contribution is 5.95. The average Bonchev–Trinajstić information content (AvgIpc) is 2.28. The molecular weight excluding hydrogens is 222 g/mol. The van der Waals surface area contributed by atoms with Crippen molar-refractivity contribution >= 4 is 11.7 Å². The zero-order valence-corrected chi connectivity index (χ0v) is 10.0. The molecule has 0 saturated heterocycles. The van der Waals surface area contributed by atoms with Crippen molar-refractivity contribution in [2.45, 2.75) is 13.8 Å². The standard InChI is InChI=1S/C12H17NO4/c1-3-16-4-5-17-9-6-8(2)11(13)10(7-9)12(14)15/h6-7H,3-5,13H2,1-2H3,(H,14,15). The van der Waals surface area contributed by atoms with Gasteiger partial charge in [0.2, 0.25) is 0 Å². The Morgan fingerprint density at radius 1 is 1.41 bits per heavy atom. The summed E-state index contributed by atoms with van der Waals surface area (Å²) in [6, 6.07) is 3.14. The number of ether oxygens (including phenoxy) is 2. The fourth-order valence-electron chi connectivity index (χ4n) is 1.39. The van der Waals surface area contributed by atoms with Crippen molar-refractivity contribution in [3.8, 4) is 5.75 Å². The maximum Gasteiger partial charge on any atom is 0.337 e. The van der Waals surface area contributed by atoms with Gasteiger partial charge in [-0.25, -0.2) is 4.79 Å². The second-order valence-corrected chi connectivity index (χ2v) is 3.55. The molecule has 0 radical (unpaired) electrons. The van der Waals surface area contributed by atoms with E-state index in [1.54, 1.807) is 13.0 Å². The topological polar surface area (TPSA) is 81.8 Å². The van der Waals surface area contributed by atoms with Gasteiger partial charge in [-0.1, -0.05) is 0 Å². The number of benzene rings is 1. The van der Waals surface area contributed by atoms with Crippen LogP contribution >= 0.6 is 0 Å². The van der Waals surface area contributed by atoms with Crippen molar-refractivity contribution in [2.75, 3.05) is 25.6 Å². The lowest BCUT2D eigenvalue weighted by Gasteiger charge is -2.10. The van der Waals surface area contributed by atoms with E-state index in [0.717, 1.165) is 0 Å². The van der Waals surface area contributed by atoms with Crippen molar-refractivity contribution in [1.29, 1.82) is 0 Å². The highest BCUT2D eigenvalue weighted by Gasteiger charge is 2.12. The number of rotatable bonds is 6. The Morgan fingerprint density at radius 2 is 2.12 bits per heavy atom. The highest BCUT2D eigenvalue weighted by Crippen LogP contribution is 2.24. The van der Waals surface area contributed by atoms with Gasteiger partial charge in [-0.15, -0.1) is 0 Å². The predicted octanol–water partition coefficient (Wildman–Crippen LogP) is 1.69. The lowest BCUT2D eigenvalue weighted by atomic mass is 10.1. The van der Waals surface area contributed by atoms with Crippen LogP contribution in [0.4, 0.5) is 5.69 Å². The average molecular weight is 239 g/mol. The molecule has 0 unspecified atom stereocenters. The first-order valence-corrected chi connectivity index (χ1v) is 5.40. The molecule has 1 aromatic carbocycles. The van der Waals surface area contributed by atoms with E-state index in [0.29, 0.717) is 31.1 Å². The molecular formula is C12H17NO4. The van der Waals surface area contributed by atoms with Crippen LogP contribution in [0.3, 0.4) is 0 Å². The molecule has 5 heteroatoms. The van der Waals surface area contributed by atoms with Crippen molar-refractivity contribution in [3.05, 3.63) is 23.3 Å². The molecule has 0 saturated carbocycles. The van der Waals surface area contributed by atoms with Gasteiger partial charge in [0.05, 0.1) is 12.2 Å². The van der Waals surface area contributed by atoms with E-state index >= 15 is 0 Å². The van der Waals surface area contributed by atoms with Gasteiger partial charge in [-0.3, -0.25) is 0 Å². The number of hydrogen-bond acceptors (Lipinski definition) is 4. The van der Waals surface area contributed by atoms with Crippen LogP contribution < -0.4 is 10.5 Å². The summed E-state index contributed by atoms with van der Waals surface area (Å²) in [6.45, 7) is 5.14. The van der Waals surface area contributed by atoms with Crippen molar-refractivity contribution in [1.82, 2.24) is 0 Å². The normalized spacial score (nSPS) is 10.2. The van der Waals surface area contributed by atoms with E-state index < -0.39 is 5.97 Å². The molecule has 0 aliphatic carbocycles. The molecule has 5 nitrogen and oxygen atoms in total.